The van der Waals surface area contributed by atoms with Crippen molar-refractivity contribution in [3.05, 3.63) is 5.32 Å². The molecule has 0 aliphatic rings. The predicted molar refractivity (Wildman–Crippen MR) is 24.4 cm³/mol. The summed E-state index contributed by atoms with van der Waals surface area (Å²) < 4.78 is 0. The molecule has 0 aliphatic carbocycles. The molecule has 0 fully saturated rings. The third kappa shape index (κ3) is 17.8. The second-order valence-corrected chi connectivity index (χ2v) is 0.856. The van der Waals surface area contributed by atoms with Crippen LogP contribution in [-0.4, -0.2) is 13.1 Å². The molecule has 0 bridgehead atoms. The van der Waals surface area contributed by atoms with Crippen molar-refractivity contribution < 1.29 is 73.1 Å². The maximum absolute atomic E-state index is 3.97. The van der Waals surface area contributed by atoms with Gasteiger partial charge in [0.05, 0.1) is 0 Å². The number of rotatable bonds is 2. The predicted octanol–water partition coefficient (Wildman–Crippen LogP) is 1.40. The standard InChI is InChI=1S/C4H10N.Yb.Zr/c1-3-5-4-2;;/h3-4H2,1-2H3;;/q-1;;. The van der Waals surface area contributed by atoms with Crippen LogP contribution in [0.1, 0.15) is 13.8 Å². The van der Waals surface area contributed by atoms with Gasteiger partial charge in [-0.15, -0.1) is 0 Å². The second kappa shape index (κ2) is 15.8. The minimum absolute atomic E-state index is 0. The van der Waals surface area contributed by atoms with Crippen molar-refractivity contribution in [2.24, 2.45) is 0 Å². The molecule has 0 radical (unpaired) electrons. The molecule has 0 unspecified atom stereocenters. The third-order valence-electron chi connectivity index (χ3n) is 0.447. The molecule has 0 saturated carbocycles. The van der Waals surface area contributed by atoms with E-state index in [0.717, 1.165) is 13.1 Å². The maximum Gasteiger partial charge on any atom is 0 e. The van der Waals surface area contributed by atoms with Crippen LogP contribution in [0.2, 0.25) is 0 Å². The first-order chi connectivity index (χ1) is 2.41. The molecule has 0 spiro atoms. The van der Waals surface area contributed by atoms with Crippen LogP contribution in [0.15, 0.2) is 0 Å². The smallest absolute Gasteiger partial charge is 0 e. The van der Waals surface area contributed by atoms with Crippen molar-refractivity contribution >= 4 is 0 Å². The van der Waals surface area contributed by atoms with Gasteiger partial charge in [0.1, 0.15) is 0 Å². The summed E-state index contributed by atoms with van der Waals surface area (Å²) in [5.41, 5.74) is 0. The fraction of sp³-hybridized carbons (Fsp3) is 1.00. The van der Waals surface area contributed by atoms with Crippen LogP contribution in [0.25, 0.3) is 5.32 Å². The summed E-state index contributed by atoms with van der Waals surface area (Å²) >= 11 is 0. The topological polar surface area (TPSA) is 14.1 Å². The van der Waals surface area contributed by atoms with Gasteiger partial charge in [0, 0.05) is 73.1 Å². The second-order valence-electron chi connectivity index (χ2n) is 0.856. The summed E-state index contributed by atoms with van der Waals surface area (Å²) in [6, 6.07) is 0. The number of nitrogens with zero attached hydrogens (tertiary/aromatic N) is 1. The summed E-state index contributed by atoms with van der Waals surface area (Å²) in [4.78, 5) is 0. The molecule has 0 aliphatic heterocycles. The Bertz CT molecular complexity index is 19.2. The molecule has 0 N–H and O–H groups in total. The van der Waals surface area contributed by atoms with Crippen molar-refractivity contribution in [1.29, 1.82) is 0 Å². The molecule has 7 heavy (non-hydrogen) atoms. The zero-order valence-electron chi connectivity index (χ0n) is 4.63. The fourth-order valence-electron chi connectivity index (χ4n) is 0.224. The van der Waals surface area contributed by atoms with Gasteiger partial charge in [0.2, 0.25) is 0 Å². The number of hydrogen-bond donors (Lipinski definition) is 0. The van der Waals surface area contributed by atoms with Gasteiger partial charge in [-0.3, -0.25) is 0 Å². The van der Waals surface area contributed by atoms with Gasteiger partial charge in [-0.25, -0.2) is 0 Å². The molecular formula is C4H10NYbZr-. The van der Waals surface area contributed by atoms with Gasteiger partial charge >= 0.3 is 0 Å². The summed E-state index contributed by atoms with van der Waals surface area (Å²) in [7, 11) is 0. The quantitative estimate of drug-likeness (QED) is 0.724. The van der Waals surface area contributed by atoms with Gasteiger partial charge in [-0.2, -0.15) is 13.1 Å². The first kappa shape index (κ1) is 16.2. The van der Waals surface area contributed by atoms with Crippen LogP contribution < -0.4 is 0 Å². The van der Waals surface area contributed by atoms with E-state index in [1.165, 1.54) is 0 Å². The molecule has 0 aromatic rings. The Labute approximate surface area is 103 Å². The van der Waals surface area contributed by atoms with Crippen LogP contribution in [0.4, 0.5) is 0 Å². The summed E-state index contributed by atoms with van der Waals surface area (Å²) in [5, 5.41) is 3.97. The third-order valence-corrected chi connectivity index (χ3v) is 0.447. The molecule has 0 saturated heterocycles. The van der Waals surface area contributed by atoms with E-state index in [1.807, 2.05) is 13.8 Å². The molecule has 0 rings (SSSR count). The van der Waals surface area contributed by atoms with Gasteiger partial charge in [-0.1, -0.05) is 13.8 Å². The van der Waals surface area contributed by atoms with E-state index >= 15 is 0 Å². The molecule has 0 aromatic carbocycles. The Kier molecular flexibility index (Phi) is 36.4. The van der Waals surface area contributed by atoms with Crippen molar-refractivity contribution in [2.45, 2.75) is 13.8 Å². The van der Waals surface area contributed by atoms with E-state index in [4.69, 9.17) is 0 Å². The zero-order chi connectivity index (χ0) is 4.12. The van der Waals surface area contributed by atoms with Gasteiger partial charge in [0.25, 0.3) is 0 Å². The largest absolute Gasteiger partial charge is 0.663 e. The molecular weight excluding hydrogens is 326 g/mol. The van der Waals surface area contributed by atoms with Crippen molar-refractivity contribution in [3.63, 3.8) is 0 Å². The Balaban J connectivity index is -0.0000000800. The fourth-order valence-corrected chi connectivity index (χ4v) is 0.224. The SMILES string of the molecule is CC[N-]CC.[Yb].[Zr]. The average Bonchev–Trinajstić information content (AvgIpc) is 1.41. The zero-order valence-corrected chi connectivity index (χ0v) is 8.80. The maximum atomic E-state index is 3.97. The van der Waals surface area contributed by atoms with Crippen LogP contribution in [0.5, 0.6) is 0 Å². The molecule has 50 valence electrons. The van der Waals surface area contributed by atoms with Gasteiger partial charge in [-0.05, 0) is 0 Å². The van der Waals surface area contributed by atoms with Crippen LogP contribution >= 0.6 is 0 Å². The molecule has 0 aromatic heterocycles. The van der Waals surface area contributed by atoms with Crippen LogP contribution in [0.3, 0.4) is 0 Å². The monoisotopic (exact) mass is 336 g/mol. The van der Waals surface area contributed by atoms with E-state index in [1.54, 1.807) is 0 Å². The van der Waals surface area contributed by atoms with E-state index in [-0.39, 0.29) is 73.1 Å². The first-order valence-corrected chi connectivity index (χ1v) is 2.05. The Hall–Kier alpha value is 2.36. The summed E-state index contributed by atoms with van der Waals surface area (Å²) in [5.74, 6) is 0. The summed E-state index contributed by atoms with van der Waals surface area (Å²) in [6.45, 7) is 6.03. The molecule has 1 nitrogen and oxygen atoms in total. The van der Waals surface area contributed by atoms with Crippen molar-refractivity contribution in [3.8, 4) is 0 Å². The van der Waals surface area contributed by atoms with Crippen LogP contribution in [-0.2, 0) is 26.2 Å². The normalized spacial score (nSPS) is 6.00. The van der Waals surface area contributed by atoms with Crippen LogP contribution in [0, 0.1) is 46.9 Å². The van der Waals surface area contributed by atoms with E-state index < -0.39 is 0 Å². The van der Waals surface area contributed by atoms with Crippen molar-refractivity contribution in [1.82, 2.24) is 0 Å². The summed E-state index contributed by atoms with van der Waals surface area (Å²) in [6.07, 6.45) is 0. The molecule has 0 atom stereocenters. The van der Waals surface area contributed by atoms with E-state index in [2.05, 4.69) is 5.32 Å². The minimum Gasteiger partial charge on any atom is -0.663 e. The van der Waals surface area contributed by atoms with Gasteiger partial charge in [0.15, 0.2) is 0 Å². The van der Waals surface area contributed by atoms with Gasteiger partial charge < -0.3 is 5.32 Å². The average molecular weight is 336 g/mol. The van der Waals surface area contributed by atoms with Crippen molar-refractivity contribution in [2.75, 3.05) is 13.1 Å². The van der Waals surface area contributed by atoms with E-state index in [9.17, 15) is 0 Å². The molecule has 0 amide bonds. The molecule has 0 heterocycles. The Morgan fingerprint density at radius 2 is 1.43 bits per heavy atom. The minimum atomic E-state index is 0. The Morgan fingerprint density at radius 1 is 1.14 bits per heavy atom. The number of hydrogen-bond acceptors (Lipinski definition) is 0. The molecule has 3 heteroatoms. The first-order valence-electron chi connectivity index (χ1n) is 2.05. The van der Waals surface area contributed by atoms with E-state index in [0.29, 0.717) is 0 Å². The Morgan fingerprint density at radius 3 is 1.43 bits per heavy atom.